The number of nitroso groups, excluding NO2 is 1. The summed E-state index contributed by atoms with van der Waals surface area (Å²) in [5.74, 6) is 1.03. The smallest absolute Gasteiger partial charge is 0.134 e. The van der Waals surface area contributed by atoms with E-state index in [0.29, 0.717) is 0 Å². The molecule has 0 amide bonds. The monoisotopic (exact) mass is 133 g/mol. The minimum absolute atomic E-state index is 0.0602. The molecule has 0 saturated heterocycles. The Morgan fingerprint density at radius 2 is 2.38 bits per heavy atom. The first-order chi connectivity index (χ1) is 3.81. The van der Waals surface area contributed by atoms with Gasteiger partial charge in [0, 0.05) is 0 Å². The van der Waals surface area contributed by atoms with Crippen molar-refractivity contribution in [1.29, 1.82) is 0 Å². The summed E-state index contributed by atoms with van der Waals surface area (Å²) < 4.78 is 0. The Morgan fingerprint density at radius 3 is 2.75 bits per heavy atom. The van der Waals surface area contributed by atoms with Crippen molar-refractivity contribution in [2.45, 2.75) is 25.6 Å². The first-order valence-electron chi connectivity index (χ1n) is 2.75. The molecule has 3 heteroatoms. The lowest BCUT2D eigenvalue weighted by Gasteiger charge is -1.96. The van der Waals surface area contributed by atoms with E-state index in [9.17, 15) is 4.91 Å². The van der Waals surface area contributed by atoms with Crippen LogP contribution in [0.2, 0.25) is 0 Å². The standard InChI is InChI=1S/C5H11NOS/c1-3-4-8-5(2)6-7/h5H,3-4H2,1-2H3. The van der Waals surface area contributed by atoms with Gasteiger partial charge in [0.2, 0.25) is 0 Å². The van der Waals surface area contributed by atoms with E-state index in [4.69, 9.17) is 0 Å². The number of rotatable bonds is 4. The molecule has 0 radical (unpaired) electrons. The Morgan fingerprint density at radius 1 is 1.75 bits per heavy atom. The van der Waals surface area contributed by atoms with Crippen molar-refractivity contribution in [2.75, 3.05) is 5.75 Å². The average Bonchev–Trinajstić information content (AvgIpc) is 1.83. The third kappa shape index (κ3) is 4.12. The van der Waals surface area contributed by atoms with Crippen LogP contribution < -0.4 is 0 Å². The van der Waals surface area contributed by atoms with Crippen LogP contribution in [0.25, 0.3) is 0 Å². The zero-order valence-corrected chi connectivity index (χ0v) is 6.07. The zero-order chi connectivity index (χ0) is 6.41. The lowest BCUT2D eigenvalue weighted by molar-refractivity contribution is 1.01. The number of hydrogen-bond acceptors (Lipinski definition) is 3. The molecule has 0 saturated carbocycles. The topological polar surface area (TPSA) is 29.4 Å². The molecule has 0 bridgehead atoms. The summed E-state index contributed by atoms with van der Waals surface area (Å²) in [6, 6.07) is 0. The number of thioether (sulfide) groups is 1. The second kappa shape index (κ2) is 5.09. The van der Waals surface area contributed by atoms with E-state index in [1.54, 1.807) is 11.8 Å². The highest BCUT2D eigenvalue weighted by molar-refractivity contribution is 7.99. The van der Waals surface area contributed by atoms with Crippen molar-refractivity contribution in [3.63, 3.8) is 0 Å². The zero-order valence-electron chi connectivity index (χ0n) is 5.26. The minimum Gasteiger partial charge on any atom is -0.150 e. The molecule has 2 nitrogen and oxygen atoms in total. The lowest BCUT2D eigenvalue weighted by Crippen LogP contribution is -1.89. The molecule has 48 valence electrons. The Kier molecular flexibility index (Phi) is 5.06. The van der Waals surface area contributed by atoms with Gasteiger partial charge >= 0.3 is 0 Å². The molecule has 0 aromatic heterocycles. The molecule has 0 rings (SSSR count). The Bertz CT molecular complexity index is 67.4. The molecule has 0 fully saturated rings. The predicted octanol–water partition coefficient (Wildman–Crippen LogP) is 2.24. The van der Waals surface area contributed by atoms with Crippen LogP contribution in [-0.4, -0.2) is 11.1 Å². The van der Waals surface area contributed by atoms with Crippen LogP contribution in [0.15, 0.2) is 5.18 Å². The first kappa shape index (κ1) is 7.95. The van der Waals surface area contributed by atoms with Gasteiger partial charge in [0.15, 0.2) is 0 Å². The fourth-order valence-electron chi connectivity index (χ4n) is 0.319. The van der Waals surface area contributed by atoms with Crippen molar-refractivity contribution in [3.8, 4) is 0 Å². The first-order valence-corrected chi connectivity index (χ1v) is 3.80. The SMILES string of the molecule is CCCSC(C)N=O. The molecule has 0 heterocycles. The molecular formula is C5H11NOS. The highest BCUT2D eigenvalue weighted by Crippen LogP contribution is 2.11. The van der Waals surface area contributed by atoms with Crippen molar-refractivity contribution in [1.82, 2.24) is 0 Å². The van der Waals surface area contributed by atoms with Gasteiger partial charge in [-0.15, -0.1) is 16.7 Å². The van der Waals surface area contributed by atoms with E-state index in [2.05, 4.69) is 12.1 Å². The fourth-order valence-corrected chi connectivity index (χ4v) is 0.957. The summed E-state index contributed by atoms with van der Waals surface area (Å²) >= 11 is 1.60. The Hall–Kier alpha value is -0.0500. The van der Waals surface area contributed by atoms with E-state index in [-0.39, 0.29) is 5.37 Å². The molecule has 0 aromatic carbocycles. The van der Waals surface area contributed by atoms with Crippen LogP contribution in [-0.2, 0) is 0 Å². The largest absolute Gasteiger partial charge is 0.150 e. The van der Waals surface area contributed by atoms with Gasteiger partial charge < -0.3 is 0 Å². The number of nitrogens with zero attached hydrogens (tertiary/aromatic N) is 1. The maximum absolute atomic E-state index is 9.74. The molecule has 0 aliphatic heterocycles. The fraction of sp³-hybridized carbons (Fsp3) is 1.00. The highest BCUT2D eigenvalue weighted by atomic mass is 32.2. The van der Waals surface area contributed by atoms with E-state index in [1.807, 2.05) is 6.92 Å². The van der Waals surface area contributed by atoms with Crippen molar-refractivity contribution in [3.05, 3.63) is 4.91 Å². The third-order valence-electron chi connectivity index (χ3n) is 0.712. The molecule has 0 aliphatic rings. The van der Waals surface area contributed by atoms with Crippen LogP contribution in [0.5, 0.6) is 0 Å². The van der Waals surface area contributed by atoms with Crippen molar-refractivity contribution >= 4 is 11.8 Å². The highest BCUT2D eigenvalue weighted by Gasteiger charge is 1.96. The minimum atomic E-state index is -0.0602. The normalized spacial score (nSPS) is 13.2. The van der Waals surface area contributed by atoms with Gasteiger partial charge in [-0.2, -0.15) is 0 Å². The third-order valence-corrected chi connectivity index (χ3v) is 1.92. The average molecular weight is 133 g/mol. The molecule has 0 aliphatic carbocycles. The van der Waals surface area contributed by atoms with E-state index < -0.39 is 0 Å². The maximum Gasteiger partial charge on any atom is 0.134 e. The molecule has 0 aromatic rings. The van der Waals surface area contributed by atoms with Crippen LogP contribution in [0.1, 0.15) is 20.3 Å². The molecule has 1 atom stereocenters. The molecular weight excluding hydrogens is 122 g/mol. The molecule has 0 spiro atoms. The van der Waals surface area contributed by atoms with E-state index in [1.165, 1.54) is 0 Å². The second-order valence-electron chi connectivity index (χ2n) is 1.58. The van der Waals surface area contributed by atoms with Gasteiger partial charge in [0.25, 0.3) is 0 Å². The summed E-state index contributed by atoms with van der Waals surface area (Å²) in [6.07, 6.45) is 1.12. The summed E-state index contributed by atoms with van der Waals surface area (Å²) in [7, 11) is 0. The summed E-state index contributed by atoms with van der Waals surface area (Å²) in [5, 5.41) is 2.78. The van der Waals surface area contributed by atoms with Gasteiger partial charge in [-0.05, 0) is 19.1 Å². The van der Waals surface area contributed by atoms with Crippen LogP contribution in [0.3, 0.4) is 0 Å². The van der Waals surface area contributed by atoms with Crippen molar-refractivity contribution in [2.24, 2.45) is 5.18 Å². The summed E-state index contributed by atoms with van der Waals surface area (Å²) in [4.78, 5) is 9.74. The summed E-state index contributed by atoms with van der Waals surface area (Å²) in [5.41, 5.74) is 0. The van der Waals surface area contributed by atoms with Gasteiger partial charge in [-0.1, -0.05) is 12.1 Å². The Balaban J connectivity index is 2.98. The van der Waals surface area contributed by atoms with Crippen LogP contribution >= 0.6 is 11.8 Å². The maximum atomic E-state index is 9.74. The molecule has 0 N–H and O–H groups in total. The van der Waals surface area contributed by atoms with Crippen LogP contribution in [0, 0.1) is 4.91 Å². The van der Waals surface area contributed by atoms with Gasteiger partial charge in [0.05, 0.1) is 0 Å². The quantitative estimate of drug-likeness (QED) is 0.550. The van der Waals surface area contributed by atoms with E-state index in [0.717, 1.165) is 12.2 Å². The van der Waals surface area contributed by atoms with E-state index >= 15 is 0 Å². The lowest BCUT2D eigenvalue weighted by atomic mass is 10.6. The molecule has 1 unspecified atom stereocenters. The second-order valence-corrected chi connectivity index (χ2v) is 3.00. The van der Waals surface area contributed by atoms with Gasteiger partial charge in [0.1, 0.15) is 5.37 Å². The Labute approximate surface area is 54.0 Å². The number of hydrogen-bond donors (Lipinski definition) is 0. The van der Waals surface area contributed by atoms with Crippen LogP contribution in [0.4, 0.5) is 0 Å². The predicted molar refractivity (Wildman–Crippen MR) is 38.0 cm³/mol. The summed E-state index contributed by atoms with van der Waals surface area (Å²) in [6.45, 7) is 3.90. The van der Waals surface area contributed by atoms with Crippen molar-refractivity contribution < 1.29 is 0 Å². The van der Waals surface area contributed by atoms with Gasteiger partial charge in [-0.25, -0.2) is 0 Å². The molecule has 8 heavy (non-hydrogen) atoms. The van der Waals surface area contributed by atoms with Gasteiger partial charge in [-0.3, -0.25) is 0 Å².